The molecule has 0 bridgehead atoms. The number of carbonyl (C=O) groups is 2. The lowest BCUT2D eigenvalue weighted by Gasteiger charge is -2.14. The van der Waals surface area contributed by atoms with Crippen molar-refractivity contribution in [1.82, 2.24) is 5.32 Å². The number of nitrogens with one attached hydrogen (secondary N) is 1. The van der Waals surface area contributed by atoms with E-state index in [1.165, 1.54) is 42.2 Å². The fourth-order valence-corrected chi connectivity index (χ4v) is 5.01. The third kappa shape index (κ3) is 4.13. The van der Waals surface area contributed by atoms with E-state index in [0.29, 0.717) is 34.7 Å². The van der Waals surface area contributed by atoms with Gasteiger partial charge in [0, 0.05) is 27.3 Å². The monoisotopic (exact) mass is 441 g/mol. The summed E-state index contributed by atoms with van der Waals surface area (Å²) in [5.41, 5.74) is 2.04. The van der Waals surface area contributed by atoms with E-state index >= 15 is 0 Å². The number of carbonyl (C=O) groups excluding carboxylic acids is 2. The van der Waals surface area contributed by atoms with E-state index in [1.54, 1.807) is 12.1 Å². The number of benzene rings is 2. The second-order valence-electron chi connectivity index (χ2n) is 7.02. The van der Waals surface area contributed by atoms with Crippen molar-refractivity contribution in [3.8, 4) is 16.2 Å². The number of Topliss-reactive ketones (excluding diaryl/α,β-unsaturated/α-hetero) is 1. The molecule has 154 valence electrons. The van der Waals surface area contributed by atoms with Crippen molar-refractivity contribution in [2.45, 2.75) is 24.3 Å². The van der Waals surface area contributed by atoms with Gasteiger partial charge in [0.1, 0.15) is 17.7 Å². The molecule has 4 rings (SSSR count). The summed E-state index contributed by atoms with van der Waals surface area (Å²) in [6.07, 6.45) is 2.16. The first-order valence-corrected chi connectivity index (χ1v) is 11.5. The molecule has 0 saturated heterocycles. The van der Waals surface area contributed by atoms with E-state index in [2.05, 4.69) is 5.32 Å². The van der Waals surface area contributed by atoms with Gasteiger partial charge in [0.05, 0.1) is 17.0 Å². The van der Waals surface area contributed by atoms with Gasteiger partial charge in [0.25, 0.3) is 5.91 Å². The Kier molecular flexibility index (Phi) is 5.92. The minimum atomic E-state index is -0.344. The molecule has 1 aliphatic rings. The van der Waals surface area contributed by atoms with Gasteiger partial charge in [0.15, 0.2) is 5.78 Å². The number of ether oxygens (including phenoxy) is 1. The van der Waals surface area contributed by atoms with Crippen LogP contribution in [0.3, 0.4) is 0 Å². The Morgan fingerprint density at radius 3 is 2.77 bits per heavy atom. The highest BCUT2D eigenvalue weighted by molar-refractivity contribution is 7.98. The van der Waals surface area contributed by atoms with Crippen molar-refractivity contribution >= 4 is 34.8 Å². The van der Waals surface area contributed by atoms with Crippen LogP contribution in [0.25, 0.3) is 10.4 Å². The number of halogens is 1. The fourth-order valence-electron chi connectivity index (χ4n) is 3.50. The van der Waals surface area contributed by atoms with Crippen LogP contribution in [0.5, 0.6) is 5.75 Å². The summed E-state index contributed by atoms with van der Waals surface area (Å²) >= 11 is 2.84. The highest BCUT2D eigenvalue weighted by atomic mass is 32.2. The Hall–Kier alpha value is -2.64. The standard InChI is InChI=1S/C23H20FNO3S2/c1-13(26)19-7-8-21(30-19)18-11-15(24)9-14-10-16(28-22(14)18)12-25-23(27)17-5-3-4-6-20(17)29-2/h3-9,11,16H,10,12H2,1-2H3,(H,25,27). The first-order chi connectivity index (χ1) is 14.5. The molecule has 3 aromatic rings. The first-order valence-electron chi connectivity index (χ1n) is 9.47. The number of thiophene rings is 1. The Morgan fingerprint density at radius 1 is 1.23 bits per heavy atom. The van der Waals surface area contributed by atoms with Crippen molar-refractivity contribution in [1.29, 1.82) is 0 Å². The summed E-state index contributed by atoms with van der Waals surface area (Å²) in [5.74, 6) is 0.0995. The van der Waals surface area contributed by atoms with E-state index in [1.807, 2.05) is 30.5 Å². The quantitative estimate of drug-likeness (QED) is 0.421. The largest absolute Gasteiger partial charge is 0.487 e. The van der Waals surface area contributed by atoms with Gasteiger partial charge in [-0.05, 0) is 49.6 Å². The highest BCUT2D eigenvalue weighted by Crippen LogP contribution is 2.42. The van der Waals surface area contributed by atoms with E-state index in [4.69, 9.17) is 4.74 Å². The second-order valence-corrected chi connectivity index (χ2v) is 8.95. The van der Waals surface area contributed by atoms with Crippen LogP contribution >= 0.6 is 23.1 Å². The van der Waals surface area contributed by atoms with Gasteiger partial charge in [-0.15, -0.1) is 23.1 Å². The Balaban J connectivity index is 1.50. The van der Waals surface area contributed by atoms with Gasteiger partial charge in [-0.2, -0.15) is 0 Å². The van der Waals surface area contributed by atoms with Crippen molar-refractivity contribution in [3.05, 3.63) is 70.4 Å². The molecule has 1 amide bonds. The van der Waals surface area contributed by atoms with Crippen LogP contribution in [0.4, 0.5) is 4.39 Å². The number of hydrogen-bond acceptors (Lipinski definition) is 5. The number of rotatable bonds is 6. The second kappa shape index (κ2) is 8.62. The SMILES string of the molecule is CSc1ccccc1C(=O)NCC1Cc2cc(F)cc(-c3ccc(C(C)=O)s3)c2O1. The Morgan fingerprint density at radius 2 is 2.03 bits per heavy atom. The van der Waals surface area contributed by atoms with Crippen molar-refractivity contribution in [3.63, 3.8) is 0 Å². The summed E-state index contributed by atoms with van der Waals surface area (Å²) in [4.78, 5) is 26.5. The van der Waals surface area contributed by atoms with Crippen molar-refractivity contribution < 1.29 is 18.7 Å². The van der Waals surface area contributed by atoms with Crippen LogP contribution in [-0.4, -0.2) is 30.6 Å². The number of fused-ring (bicyclic) bond motifs is 1. The van der Waals surface area contributed by atoms with Crippen molar-refractivity contribution in [2.75, 3.05) is 12.8 Å². The Bertz CT molecular complexity index is 1130. The molecule has 2 heterocycles. The van der Waals surface area contributed by atoms with E-state index in [0.717, 1.165) is 15.3 Å². The van der Waals surface area contributed by atoms with Crippen LogP contribution in [0.1, 0.15) is 32.5 Å². The average molecular weight is 442 g/mol. The van der Waals surface area contributed by atoms with E-state index in [9.17, 15) is 14.0 Å². The topological polar surface area (TPSA) is 55.4 Å². The lowest BCUT2D eigenvalue weighted by atomic mass is 10.0. The predicted octanol–water partition coefficient (Wildman–Crippen LogP) is 5.21. The number of ketones is 1. The predicted molar refractivity (Wildman–Crippen MR) is 118 cm³/mol. The van der Waals surface area contributed by atoms with Crippen LogP contribution in [-0.2, 0) is 6.42 Å². The van der Waals surface area contributed by atoms with E-state index in [-0.39, 0.29) is 23.6 Å². The van der Waals surface area contributed by atoms with Gasteiger partial charge in [0.2, 0.25) is 0 Å². The molecule has 30 heavy (non-hydrogen) atoms. The molecule has 4 nitrogen and oxygen atoms in total. The third-order valence-electron chi connectivity index (χ3n) is 4.92. The maximum atomic E-state index is 14.2. The molecule has 0 fully saturated rings. The first kappa shape index (κ1) is 20.6. The highest BCUT2D eigenvalue weighted by Gasteiger charge is 2.28. The third-order valence-corrected chi connectivity index (χ3v) is 6.94. The van der Waals surface area contributed by atoms with Crippen LogP contribution in [0, 0.1) is 5.82 Å². The number of thioether (sulfide) groups is 1. The summed E-state index contributed by atoms with van der Waals surface area (Å²) < 4.78 is 20.3. The van der Waals surface area contributed by atoms with Gasteiger partial charge < -0.3 is 10.1 Å². The normalized spacial score (nSPS) is 14.8. The van der Waals surface area contributed by atoms with Crippen LogP contribution < -0.4 is 10.1 Å². The average Bonchev–Trinajstić information content (AvgIpc) is 3.38. The zero-order chi connectivity index (χ0) is 21.3. The fraction of sp³-hybridized carbons (Fsp3) is 0.217. The van der Waals surface area contributed by atoms with Gasteiger partial charge in [-0.25, -0.2) is 4.39 Å². The number of amides is 1. The molecule has 1 aromatic heterocycles. The molecular weight excluding hydrogens is 421 g/mol. The van der Waals surface area contributed by atoms with Crippen LogP contribution in [0.15, 0.2) is 53.4 Å². The molecule has 0 aliphatic carbocycles. The van der Waals surface area contributed by atoms with Gasteiger partial charge in [-0.1, -0.05) is 12.1 Å². The molecule has 1 N–H and O–H groups in total. The Labute approximate surface area is 182 Å². The van der Waals surface area contributed by atoms with Gasteiger partial charge in [-0.3, -0.25) is 9.59 Å². The lowest BCUT2D eigenvalue weighted by Crippen LogP contribution is -2.34. The maximum absolute atomic E-state index is 14.2. The van der Waals surface area contributed by atoms with E-state index < -0.39 is 0 Å². The summed E-state index contributed by atoms with van der Waals surface area (Å²) in [6, 6.07) is 13.9. The molecule has 0 radical (unpaired) electrons. The molecule has 1 unspecified atom stereocenters. The molecular formula is C23H20FNO3S2. The molecule has 1 atom stereocenters. The summed E-state index contributed by atoms with van der Waals surface area (Å²) in [6.45, 7) is 1.83. The van der Waals surface area contributed by atoms with Crippen molar-refractivity contribution in [2.24, 2.45) is 0 Å². The molecule has 0 spiro atoms. The molecule has 7 heteroatoms. The van der Waals surface area contributed by atoms with Gasteiger partial charge >= 0.3 is 0 Å². The zero-order valence-electron chi connectivity index (χ0n) is 16.5. The molecule has 1 aliphatic heterocycles. The minimum absolute atomic E-state index is 0.0219. The molecule has 0 saturated carbocycles. The number of hydrogen-bond donors (Lipinski definition) is 1. The summed E-state index contributed by atoms with van der Waals surface area (Å²) in [5, 5.41) is 2.93. The smallest absolute Gasteiger partial charge is 0.252 e. The van der Waals surface area contributed by atoms with Crippen LogP contribution in [0.2, 0.25) is 0 Å². The lowest BCUT2D eigenvalue weighted by molar-refractivity contribution is 0.0930. The molecule has 2 aromatic carbocycles. The maximum Gasteiger partial charge on any atom is 0.252 e. The minimum Gasteiger partial charge on any atom is -0.487 e. The summed E-state index contributed by atoms with van der Waals surface area (Å²) in [7, 11) is 0. The zero-order valence-corrected chi connectivity index (χ0v) is 18.2.